The van der Waals surface area contributed by atoms with Gasteiger partial charge in [-0.3, -0.25) is 9.59 Å². The predicted molar refractivity (Wildman–Crippen MR) is 106 cm³/mol. The molecular weight excluding hydrogens is 400 g/mol. The van der Waals surface area contributed by atoms with Gasteiger partial charge >= 0.3 is 0 Å². The molecule has 0 fully saturated rings. The first kappa shape index (κ1) is 17.4. The van der Waals surface area contributed by atoms with Gasteiger partial charge in [-0.05, 0) is 64.8 Å². The van der Waals surface area contributed by atoms with Crippen molar-refractivity contribution in [2.24, 2.45) is 0 Å². The Balaban J connectivity index is 1.80. The van der Waals surface area contributed by atoms with Crippen molar-refractivity contribution < 1.29 is 9.59 Å². The summed E-state index contributed by atoms with van der Waals surface area (Å²) in [4.78, 5) is 25.5. The first-order chi connectivity index (χ1) is 12.0. The molecule has 1 heterocycles. The van der Waals surface area contributed by atoms with Crippen LogP contribution in [0, 0.1) is 6.92 Å². The van der Waals surface area contributed by atoms with Crippen LogP contribution in [-0.2, 0) is 0 Å². The van der Waals surface area contributed by atoms with Crippen LogP contribution in [0.2, 0.25) is 0 Å². The number of rotatable bonds is 4. The van der Waals surface area contributed by atoms with Crippen molar-refractivity contribution >= 4 is 50.5 Å². The number of carbonyl (C=O) groups excluding carboxylic acids is 2. The van der Waals surface area contributed by atoms with Crippen molar-refractivity contribution in [1.82, 2.24) is 0 Å². The van der Waals surface area contributed by atoms with Crippen LogP contribution in [-0.4, -0.2) is 11.8 Å². The summed E-state index contributed by atoms with van der Waals surface area (Å²) in [7, 11) is 0. The molecule has 0 spiro atoms. The lowest BCUT2D eigenvalue weighted by Gasteiger charge is -2.11. The Morgan fingerprint density at radius 1 is 0.920 bits per heavy atom. The third-order valence-electron chi connectivity index (χ3n) is 3.49. The molecule has 0 radical (unpaired) electrons. The molecule has 3 rings (SSSR count). The van der Waals surface area contributed by atoms with Gasteiger partial charge in [0.2, 0.25) is 0 Å². The van der Waals surface area contributed by atoms with Gasteiger partial charge in [0.05, 0.1) is 19.9 Å². The molecule has 25 heavy (non-hydrogen) atoms. The molecule has 0 aliphatic heterocycles. The zero-order valence-electron chi connectivity index (χ0n) is 13.4. The Morgan fingerprint density at radius 2 is 1.72 bits per heavy atom. The van der Waals surface area contributed by atoms with E-state index in [9.17, 15) is 9.59 Å². The number of aryl methyl sites for hydroxylation is 1. The highest BCUT2D eigenvalue weighted by Gasteiger charge is 2.15. The van der Waals surface area contributed by atoms with E-state index in [0.717, 1.165) is 9.35 Å². The summed E-state index contributed by atoms with van der Waals surface area (Å²) in [6.45, 7) is 1.96. The third kappa shape index (κ3) is 4.35. The molecule has 2 N–H and O–H groups in total. The molecule has 3 aromatic rings. The highest BCUT2D eigenvalue weighted by atomic mass is 79.9. The molecular formula is C19H15BrN2O2S. The third-order valence-corrected chi connectivity index (χ3v) is 5.12. The molecule has 0 saturated carbocycles. The average Bonchev–Trinajstić information content (AvgIpc) is 3.02. The fourth-order valence-electron chi connectivity index (χ4n) is 2.33. The molecule has 0 saturated heterocycles. The van der Waals surface area contributed by atoms with Crippen LogP contribution in [0.4, 0.5) is 11.4 Å². The van der Waals surface area contributed by atoms with Gasteiger partial charge in [-0.2, -0.15) is 0 Å². The summed E-state index contributed by atoms with van der Waals surface area (Å²) in [6.07, 6.45) is 0. The van der Waals surface area contributed by atoms with Gasteiger partial charge < -0.3 is 10.6 Å². The maximum Gasteiger partial charge on any atom is 0.265 e. The largest absolute Gasteiger partial charge is 0.322 e. The summed E-state index contributed by atoms with van der Waals surface area (Å²) >= 11 is 4.68. The van der Waals surface area contributed by atoms with Gasteiger partial charge in [0.1, 0.15) is 0 Å². The minimum atomic E-state index is -0.270. The van der Waals surface area contributed by atoms with E-state index in [0.29, 0.717) is 21.8 Å². The summed E-state index contributed by atoms with van der Waals surface area (Å²) in [6, 6.07) is 18.1. The molecule has 0 aliphatic rings. The second-order valence-electron chi connectivity index (χ2n) is 5.43. The van der Waals surface area contributed by atoms with Gasteiger partial charge in [0, 0.05) is 5.69 Å². The molecule has 2 amide bonds. The number of nitrogens with one attached hydrogen (secondary N) is 2. The zero-order chi connectivity index (χ0) is 17.8. The normalized spacial score (nSPS) is 10.3. The number of hydrogen-bond donors (Lipinski definition) is 2. The number of halogens is 1. The predicted octanol–water partition coefficient (Wildman–Crippen LogP) is 5.32. The topological polar surface area (TPSA) is 58.2 Å². The summed E-state index contributed by atoms with van der Waals surface area (Å²) in [5, 5.41) is 5.67. The van der Waals surface area contributed by atoms with Crippen molar-refractivity contribution in [2.45, 2.75) is 6.92 Å². The quantitative estimate of drug-likeness (QED) is 0.606. The number of benzene rings is 2. The monoisotopic (exact) mass is 414 g/mol. The van der Waals surface area contributed by atoms with Crippen LogP contribution in [0.15, 0.2) is 64.5 Å². The van der Waals surface area contributed by atoms with E-state index in [2.05, 4.69) is 26.6 Å². The van der Waals surface area contributed by atoms with Gasteiger partial charge in [0.15, 0.2) is 0 Å². The van der Waals surface area contributed by atoms with E-state index in [4.69, 9.17) is 0 Å². The molecule has 4 nitrogen and oxygen atoms in total. The first-order valence-electron chi connectivity index (χ1n) is 7.56. The first-order valence-corrected chi connectivity index (χ1v) is 9.17. The molecule has 1 aromatic heterocycles. The Morgan fingerprint density at radius 3 is 2.44 bits per heavy atom. The van der Waals surface area contributed by atoms with Crippen LogP contribution < -0.4 is 10.6 Å². The van der Waals surface area contributed by atoms with Gasteiger partial charge in [-0.25, -0.2) is 0 Å². The fourth-order valence-corrected chi connectivity index (χ4v) is 3.61. The van der Waals surface area contributed by atoms with Crippen molar-refractivity contribution in [3.8, 4) is 0 Å². The average molecular weight is 415 g/mol. The van der Waals surface area contributed by atoms with Crippen molar-refractivity contribution in [3.05, 3.63) is 80.5 Å². The van der Waals surface area contributed by atoms with E-state index >= 15 is 0 Å². The van der Waals surface area contributed by atoms with Crippen molar-refractivity contribution in [2.75, 3.05) is 10.6 Å². The maximum absolute atomic E-state index is 12.6. The van der Waals surface area contributed by atoms with Crippen LogP contribution in [0.3, 0.4) is 0 Å². The van der Waals surface area contributed by atoms with E-state index in [1.165, 1.54) is 11.3 Å². The number of hydrogen-bond acceptors (Lipinski definition) is 3. The van der Waals surface area contributed by atoms with E-state index in [1.54, 1.807) is 30.3 Å². The van der Waals surface area contributed by atoms with E-state index in [1.807, 2.05) is 37.3 Å². The molecule has 0 aliphatic carbocycles. The standard InChI is InChI=1S/C19H15BrN2O2S/c1-12-5-4-6-13(11-12)21-18(23)14-7-2-3-8-15(14)22-19(24)16-9-10-17(20)25-16/h2-11H,1H3,(H,21,23)(H,22,24). The summed E-state index contributed by atoms with van der Waals surface area (Å²) < 4.78 is 0.878. The lowest BCUT2D eigenvalue weighted by Crippen LogP contribution is -2.17. The SMILES string of the molecule is Cc1cccc(NC(=O)c2ccccc2NC(=O)c2ccc(Br)s2)c1. The van der Waals surface area contributed by atoms with Crippen LogP contribution in [0.25, 0.3) is 0 Å². The van der Waals surface area contributed by atoms with Crippen LogP contribution >= 0.6 is 27.3 Å². The Labute approximate surface area is 158 Å². The lowest BCUT2D eigenvalue weighted by molar-refractivity contribution is 0.102. The second kappa shape index (κ2) is 7.63. The maximum atomic E-state index is 12.6. The second-order valence-corrected chi connectivity index (χ2v) is 7.89. The number of amides is 2. The highest BCUT2D eigenvalue weighted by Crippen LogP contribution is 2.24. The Kier molecular flexibility index (Phi) is 5.31. The number of carbonyl (C=O) groups is 2. The number of para-hydroxylation sites is 1. The fraction of sp³-hybridized carbons (Fsp3) is 0.0526. The lowest BCUT2D eigenvalue weighted by atomic mass is 10.1. The summed E-state index contributed by atoms with van der Waals surface area (Å²) in [5.41, 5.74) is 2.66. The van der Waals surface area contributed by atoms with Gasteiger partial charge in [-0.15, -0.1) is 11.3 Å². The van der Waals surface area contributed by atoms with E-state index < -0.39 is 0 Å². The van der Waals surface area contributed by atoms with Crippen LogP contribution in [0.1, 0.15) is 25.6 Å². The van der Waals surface area contributed by atoms with Crippen molar-refractivity contribution in [3.63, 3.8) is 0 Å². The van der Waals surface area contributed by atoms with Crippen LogP contribution in [0.5, 0.6) is 0 Å². The summed E-state index contributed by atoms with van der Waals surface area (Å²) in [5.74, 6) is -0.514. The number of anilines is 2. The molecule has 126 valence electrons. The Bertz CT molecular complexity index is 936. The van der Waals surface area contributed by atoms with Gasteiger partial charge in [-0.1, -0.05) is 24.3 Å². The van der Waals surface area contributed by atoms with Gasteiger partial charge in [0.25, 0.3) is 11.8 Å². The Hall–Kier alpha value is -2.44. The smallest absolute Gasteiger partial charge is 0.265 e. The molecule has 2 aromatic carbocycles. The molecule has 0 unspecified atom stereocenters. The zero-order valence-corrected chi connectivity index (χ0v) is 15.8. The van der Waals surface area contributed by atoms with Crippen molar-refractivity contribution in [1.29, 1.82) is 0 Å². The molecule has 6 heteroatoms. The minimum absolute atomic E-state index is 0.244. The molecule has 0 bridgehead atoms. The minimum Gasteiger partial charge on any atom is -0.322 e. The highest BCUT2D eigenvalue weighted by molar-refractivity contribution is 9.11. The molecule has 0 atom stereocenters. The van der Waals surface area contributed by atoms with E-state index in [-0.39, 0.29) is 11.8 Å². The number of thiophene rings is 1.